The number of hydrogen-bond acceptors (Lipinski definition) is 10. The van der Waals surface area contributed by atoms with Gasteiger partial charge in [0.2, 0.25) is 5.79 Å². The van der Waals surface area contributed by atoms with E-state index in [1.807, 2.05) is 6.07 Å². The van der Waals surface area contributed by atoms with Crippen molar-refractivity contribution in [1.29, 1.82) is 0 Å². The van der Waals surface area contributed by atoms with E-state index in [1.54, 1.807) is 56.7 Å². The standard InChI is InChI=1S/C20H27NO10S/c1-18(2)28-14-11-26-20(16(15(14)29-18)30-19(3,4)31-20)12-27-32(23,24)21-17(22)25-10-13-8-6-5-7-9-13/h5-9,14-16H,10-12H2,1-4H3,(H,21,22)/t14?,15?,16?,20-/m0/s1. The molecule has 178 valence electrons. The molecule has 0 aromatic heterocycles. The smallest absolute Gasteiger partial charge is 0.423 e. The van der Waals surface area contributed by atoms with Crippen LogP contribution in [0.25, 0.3) is 0 Å². The third kappa shape index (κ3) is 5.06. The quantitative estimate of drug-likeness (QED) is 0.650. The summed E-state index contributed by atoms with van der Waals surface area (Å²) in [6.07, 6.45) is -2.97. The lowest BCUT2D eigenvalue weighted by atomic mass is 9.98. The molecule has 3 heterocycles. The van der Waals surface area contributed by atoms with Gasteiger partial charge >= 0.3 is 16.4 Å². The van der Waals surface area contributed by atoms with Crippen molar-refractivity contribution in [2.45, 2.75) is 70.0 Å². The molecule has 0 saturated carbocycles. The molecule has 3 fully saturated rings. The molecule has 11 nitrogen and oxygen atoms in total. The van der Waals surface area contributed by atoms with Crippen molar-refractivity contribution in [3.8, 4) is 0 Å². The van der Waals surface area contributed by atoms with E-state index in [9.17, 15) is 13.2 Å². The number of carbonyl (C=O) groups is 1. The maximum Gasteiger partial charge on any atom is 0.423 e. The Hall–Kier alpha value is -1.80. The average molecular weight is 474 g/mol. The Bertz CT molecular complexity index is 950. The number of fused-ring (bicyclic) bond motifs is 3. The second-order valence-electron chi connectivity index (χ2n) is 8.68. The van der Waals surface area contributed by atoms with E-state index in [0.29, 0.717) is 5.56 Å². The van der Waals surface area contributed by atoms with Crippen LogP contribution in [0.1, 0.15) is 33.3 Å². The highest BCUT2D eigenvalue weighted by Gasteiger charge is 2.65. The summed E-state index contributed by atoms with van der Waals surface area (Å²) < 4.78 is 65.8. The van der Waals surface area contributed by atoms with Crippen LogP contribution in [0.4, 0.5) is 4.79 Å². The zero-order valence-corrected chi connectivity index (χ0v) is 19.0. The molecule has 1 aromatic rings. The molecule has 1 N–H and O–H groups in total. The van der Waals surface area contributed by atoms with Crippen molar-refractivity contribution in [3.05, 3.63) is 35.9 Å². The molecule has 1 amide bonds. The minimum Gasteiger partial charge on any atom is -0.444 e. The molecule has 3 unspecified atom stereocenters. The average Bonchev–Trinajstić information content (AvgIpc) is 3.17. The Kier molecular flexibility index (Phi) is 5.99. The number of carbonyl (C=O) groups excluding carboxylic acids is 1. The zero-order chi connectivity index (χ0) is 23.2. The van der Waals surface area contributed by atoms with Gasteiger partial charge in [-0.3, -0.25) is 0 Å². The van der Waals surface area contributed by atoms with Gasteiger partial charge in [0, 0.05) is 0 Å². The summed E-state index contributed by atoms with van der Waals surface area (Å²) in [5, 5.41) is 0. The van der Waals surface area contributed by atoms with Crippen LogP contribution in [0.3, 0.4) is 0 Å². The molecule has 3 aliphatic heterocycles. The van der Waals surface area contributed by atoms with Gasteiger partial charge in [0.1, 0.15) is 31.5 Å². The Balaban J connectivity index is 1.39. The fourth-order valence-corrected chi connectivity index (χ4v) is 4.63. The molecule has 4 atom stereocenters. The van der Waals surface area contributed by atoms with Crippen LogP contribution < -0.4 is 4.72 Å². The summed E-state index contributed by atoms with van der Waals surface area (Å²) in [5.41, 5.74) is 0.702. The molecule has 3 saturated heterocycles. The Morgan fingerprint density at radius 1 is 1.09 bits per heavy atom. The minimum absolute atomic E-state index is 0.0833. The summed E-state index contributed by atoms with van der Waals surface area (Å²) >= 11 is 0. The van der Waals surface area contributed by atoms with E-state index in [2.05, 4.69) is 0 Å². The highest BCUT2D eigenvalue weighted by molar-refractivity contribution is 7.85. The fourth-order valence-electron chi connectivity index (χ4n) is 3.99. The van der Waals surface area contributed by atoms with Crippen LogP contribution in [0.15, 0.2) is 30.3 Å². The number of nitrogens with one attached hydrogen (secondary N) is 1. The molecule has 0 radical (unpaired) electrons. The molecule has 12 heteroatoms. The highest BCUT2D eigenvalue weighted by Crippen LogP contribution is 2.47. The van der Waals surface area contributed by atoms with Gasteiger partial charge in [0.25, 0.3) is 0 Å². The molecule has 4 rings (SSSR count). The molecule has 32 heavy (non-hydrogen) atoms. The lowest BCUT2D eigenvalue weighted by Gasteiger charge is -2.40. The summed E-state index contributed by atoms with van der Waals surface area (Å²) in [6, 6.07) is 8.82. The normalized spacial score (nSPS) is 32.7. The van der Waals surface area contributed by atoms with E-state index in [4.69, 9.17) is 32.6 Å². The topological polar surface area (TPSA) is 128 Å². The summed E-state index contributed by atoms with van der Waals surface area (Å²) in [7, 11) is -4.52. The number of benzene rings is 1. The molecule has 0 spiro atoms. The van der Waals surface area contributed by atoms with Gasteiger partial charge in [-0.05, 0) is 33.3 Å². The molecular formula is C20H27NO10S. The van der Waals surface area contributed by atoms with E-state index in [-0.39, 0.29) is 13.2 Å². The van der Waals surface area contributed by atoms with Crippen LogP contribution in [0.2, 0.25) is 0 Å². The first-order valence-electron chi connectivity index (χ1n) is 10.1. The van der Waals surface area contributed by atoms with Gasteiger partial charge in [0.05, 0.1) is 6.61 Å². The lowest BCUT2D eigenvalue weighted by Crippen LogP contribution is -2.60. The first-order valence-corrected chi connectivity index (χ1v) is 11.5. The minimum atomic E-state index is -4.52. The third-order valence-corrected chi connectivity index (χ3v) is 5.96. The number of ether oxygens (including phenoxy) is 6. The Morgan fingerprint density at radius 2 is 1.81 bits per heavy atom. The van der Waals surface area contributed by atoms with Crippen LogP contribution in [-0.4, -0.2) is 63.4 Å². The number of rotatable bonds is 6. The second kappa shape index (κ2) is 8.20. The first kappa shape index (κ1) is 23.4. The number of amides is 1. The number of hydrogen-bond donors (Lipinski definition) is 1. The SMILES string of the molecule is CC1(C)OC2CO[C@@]3(COS(=O)(=O)NC(=O)OCc4ccccc4)OC(C)(C)OC3C2O1. The van der Waals surface area contributed by atoms with Crippen molar-refractivity contribution in [2.75, 3.05) is 13.2 Å². The van der Waals surface area contributed by atoms with E-state index < -0.39 is 58.7 Å². The molecular weight excluding hydrogens is 446 g/mol. The third-order valence-electron chi connectivity index (χ3n) is 5.11. The predicted octanol–water partition coefficient (Wildman–Crippen LogP) is 1.57. The van der Waals surface area contributed by atoms with Crippen LogP contribution in [-0.2, 0) is 49.5 Å². The predicted molar refractivity (Wildman–Crippen MR) is 107 cm³/mol. The van der Waals surface area contributed by atoms with Crippen molar-refractivity contribution in [3.63, 3.8) is 0 Å². The lowest BCUT2D eigenvalue weighted by molar-refractivity contribution is -0.290. The van der Waals surface area contributed by atoms with Crippen molar-refractivity contribution >= 4 is 16.4 Å². The monoisotopic (exact) mass is 473 g/mol. The Labute approximate surface area is 186 Å². The van der Waals surface area contributed by atoms with E-state index in [1.165, 1.54) is 0 Å². The fraction of sp³-hybridized carbons (Fsp3) is 0.650. The van der Waals surface area contributed by atoms with Crippen LogP contribution in [0, 0.1) is 0 Å². The molecule has 3 aliphatic rings. The largest absolute Gasteiger partial charge is 0.444 e. The molecule has 0 bridgehead atoms. The molecule has 0 aliphatic carbocycles. The van der Waals surface area contributed by atoms with Gasteiger partial charge in [-0.15, -0.1) is 0 Å². The van der Waals surface area contributed by atoms with Gasteiger partial charge in [0.15, 0.2) is 11.6 Å². The zero-order valence-electron chi connectivity index (χ0n) is 18.2. The van der Waals surface area contributed by atoms with Gasteiger partial charge in [-0.25, -0.2) is 8.98 Å². The van der Waals surface area contributed by atoms with Gasteiger partial charge < -0.3 is 28.4 Å². The van der Waals surface area contributed by atoms with Gasteiger partial charge in [-0.2, -0.15) is 13.1 Å². The molecule has 1 aromatic carbocycles. The summed E-state index contributed by atoms with van der Waals surface area (Å²) in [6.45, 7) is 6.27. The summed E-state index contributed by atoms with van der Waals surface area (Å²) in [4.78, 5) is 11.9. The van der Waals surface area contributed by atoms with E-state index >= 15 is 0 Å². The maximum absolute atomic E-state index is 12.3. The van der Waals surface area contributed by atoms with Gasteiger partial charge in [-0.1, -0.05) is 30.3 Å². The maximum atomic E-state index is 12.3. The second-order valence-corrected chi connectivity index (χ2v) is 10.0. The van der Waals surface area contributed by atoms with Crippen molar-refractivity contribution < 1.29 is 45.8 Å². The van der Waals surface area contributed by atoms with Crippen LogP contribution >= 0.6 is 0 Å². The van der Waals surface area contributed by atoms with E-state index in [0.717, 1.165) is 0 Å². The first-order chi connectivity index (χ1) is 14.9. The van der Waals surface area contributed by atoms with Crippen molar-refractivity contribution in [1.82, 2.24) is 4.72 Å². The van der Waals surface area contributed by atoms with Crippen molar-refractivity contribution in [2.24, 2.45) is 0 Å². The highest BCUT2D eigenvalue weighted by atomic mass is 32.2. The van der Waals surface area contributed by atoms with Crippen LogP contribution in [0.5, 0.6) is 0 Å². The Morgan fingerprint density at radius 3 is 2.53 bits per heavy atom. The summed E-state index contributed by atoms with van der Waals surface area (Å²) in [5.74, 6) is -3.52.